The standard InChI is InChI=1S/C18H17ClFN3O5S/c19-12-6-7-17(23(25)26)16(9-12)18(24)22-8-2-4-14(11-22)21-29(27,28)15-5-1-3-13(20)10-15/h1,3,5-7,9-10,14,21H,2,4,8,11H2. The minimum atomic E-state index is -3.98. The molecule has 2 aromatic carbocycles. The van der Waals surface area contributed by atoms with Crippen LogP contribution in [0.15, 0.2) is 47.4 Å². The Labute approximate surface area is 171 Å². The minimum Gasteiger partial charge on any atom is -0.337 e. The van der Waals surface area contributed by atoms with Crippen LogP contribution in [0.4, 0.5) is 10.1 Å². The van der Waals surface area contributed by atoms with Crippen LogP contribution in [0.5, 0.6) is 0 Å². The fraction of sp³-hybridized carbons (Fsp3) is 0.278. The van der Waals surface area contributed by atoms with Gasteiger partial charge in [-0.15, -0.1) is 0 Å². The van der Waals surface area contributed by atoms with Crippen LogP contribution < -0.4 is 4.72 Å². The van der Waals surface area contributed by atoms with Crippen molar-refractivity contribution in [2.24, 2.45) is 0 Å². The predicted molar refractivity (Wildman–Crippen MR) is 104 cm³/mol. The molecule has 0 saturated carbocycles. The molecule has 8 nitrogen and oxygen atoms in total. The second-order valence-corrected chi connectivity index (χ2v) is 8.74. The maximum Gasteiger partial charge on any atom is 0.282 e. The third-order valence-corrected chi connectivity index (χ3v) is 6.28. The quantitative estimate of drug-likeness (QED) is 0.566. The largest absolute Gasteiger partial charge is 0.337 e. The zero-order chi connectivity index (χ0) is 21.2. The van der Waals surface area contributed by atoms with Crippen molar-refractivity contribution in [3.63, 3.8) is 0 Å². The molecule has 1 atom stereocenters. The number of rotatable bonds is 5. The van der Waals surface area contributed by atoms with E-state index in [4.69, 9.17) is 11.6 Å². The van der Waals surface area contributed by atoms with Crippen molar-refractivity contribution < 1.29 is 22.5 Å². The number of nitro groups is 1. The number of likely N-dealkylation sites (tertiary alicyclic amines) is 1. The van der Waals surface area contributed by atoms with E-state index in [1.807, 2.05) is 0 Å². The second kappa shape index (κ2) is 8.44. The van der Waals surface area contributed by atoms with Gasteiger partial charge in [0.15, 0.2) is 0 Å². The smallest absolute Gasteiger partial charge is 0.282 e. The summed E-state index contributed by atoms with van der Waals surface area (Å²) >= 11 is 5.89. The van der Waals surface area contributed by atoms with Gasteiger partial charge in [0, 0.05) is 30.2 Å². The number of benzene rings is 2. The van der Waals surface area contributed by atoms with Crippen molar-refractivity contribution in [1.82, 2.24) is 9.62 Å². The normalized spacial score (nSPS) is 17.2. The molecule has 0 spiro atoms. The molecule has 1 N–H and O–H groups in total. The van der Waals surface area contributed by atoms with Gasteiger partial charge < -0.3 is 4.90 Å². The topological polar surface area (TPSA) is 110 Å². The lowest BCUT2D eigenvalue weighted by Gasteiger charge is -2.33. The van der Waals surface area contributed by atoms with Gasteiger partial charge in [0.05, 0.1) is 9.82 Å². The summed E-state index contributed by atoms with van der Waals surface area (Å²) in [5, 5.41) is 11.4. The first-order chi connectivity index (χ1) is 13.7. The maximum absolute atomic E-state index is 13.4. The number of hydrogen-bond donors (Lipinski definition) is 1. The van der Waals surface area contributed by atoms with E-state index in [1.54, 1.807) is 0 Å². The number of nitrogens with one attached hydrogen (secondary N) is 1. The summed E-state index contributed by atoms with van der Waals surface area (Å²) in [5.74, 6) is -1.28. The molecule has 0 aliphatic carbocycles. The van der Waals surface area contributed by atoms with E-state index in [2.05, 4.69) is 4.72 Å². The molecule has 2 aromatic rings. The number of halogens is 2. The van der Waals surface area contributed by atoms with Crippen molar-refractivity contribution in [2.45, 2.75) is 23.8 Å². The molecule has 0 bridgehead atoms. The first-order valence-electron chi connectivity index (χ1n) is 8.68. The Hall–Kier alpha value is -2.56. The Morgan fingerprint density at radius 3 is 2.72 bits per heavy atom. The molecule has 29 heavy (non-hydrogen) atoms. The van der Waals surface area contributed by atoms with Gasteiger partial charge in [-0.25, -0.2) is 17.5 Å². The summed E-state index contributed by atoms with van der Waals surface area (Å²) in [5.41, 5.74) is -0.530. The van der Waals surface area contributed by atoms with Crippen LogP contribution in [0.2, 0.25) is 5.02 Å². The highest BCUT2D eigenvalue weighted by Gasteiger charge is 2.31. The van der Waals surface area contributed by atoms with Crippen LogP contribution in [0.3, 0.4) is 0 Å². The van der Waals surface area contributed by atoms with Gasteiger partial charge in [0.1, 0.15) is 11.4 Å². The molecule has 1 fully saturated rings. The van der Waals surface area contributed by atoms with E-state index < -0.39 is 32.7 Å². The van der Waals surface area contributed by atoms with Gasteiger partial charge in [-0.2, -0.15) is 0 Å². The fourth-order valence-corrected chi connectivity index (χ4v) is 4.65. The maximum atomic E-state index is 13.4. The number of sulfonamides is 1. The second-order valence-electron chi connectivity index (χ2n) is 6.59. The average molecular weight is 442 g/mol. The molecule has 1 heterocycles. The Morgan fingerprint density at radius 2 is 2.03 bits per heavy atom. The Balaban J connectivity index is 1.78. The summed E-state index contributed by atoms with van der Waals surface area (Å²) in [6.45, 7) is 0.345. The van der Waals surface area contributed by atoms with Gasteiger partial charge in [-0.05, 0) is 43.2 Å². The molecule has 1 unspecified atom stereocenters. The van der Waals surface area contributed by atoms with Crippen molar-refractivity contribution in [1.29, 1.82) is 0 Å². The summed E-state index contributed by atoms with van der Waals surface area (Å²) in [6.07, 6.45) is 0.965. The van der Waals surface area contributed by atoms with Gasteiger partial charge in [-0.1, -0.05) is 17.7 Å². The van der Waals surface area contributed by atoms with E-state index in [-0.39, 0.29) is 27.7 Å². The zero-order valence-electron chi connectivity index (χ0n) is 15.0. The van der Waals surface area contributed by atoms with Gasteiger partial charge in [0.25, 0.3) is 11.6 Å². The molecule has 0 radical (unpaired) electrons. The summed E-state index contributed by atoms with van der Waals surface area (Å²) in [6, 6.07) is 7.70. The van der Waals surface area contributed by atoms with Crippen molar-refractivity contribution in [2.75, 3.05) is 13.1 Å². The Kier molecular flexibility index (Phi) is 6.15. The summed E-state index contributed by atoms with van der Waals surface area (Å²) < 4.78 is 40.8. The first kappa shape index (κ1) is 21.2. The van der Waals surface area contributed by atoms with E-state index in [9.17, 15) is 27.7 Å². The molecular formula is C18H17ClFN3O5S. The van der Waals surface area contributed by atoms with Gasteiger partial charge >= 0.3 is 0 Å². The molecule has 1 aliphatic rings. The Morgan fingerprint density at radius 1 is 1.28 bits per heavy atom. The van der Waals surface area contributed by atoms with E-state index in [0.29, 0.717) is 19.4 Å². The lowest BCUT2D eigenvalue weighted by Crippen LogP contribution is -2.49. The minimum absolute atomic E-state index is 0.0248. The highest BCUT2D eigenvalue weighted by molar-refractivity contribution is 7.89. The van der Waals surface area contributed by atoms with E-state index in [1.165, 1.54) is 29.2 Å². The van der Waals surface area contributed by atoms with Crippen LogP contribution in [0, 0.1) is 15.9 Å². The predicted octanol–water partition coefficient (Wildman–Crippen LogP) is 2.97. The van der Waals surface area contributed by atoms with E-state index >= 15 is 0 Å². The van der Waals surface area contributed by atoms with Crippen molar-refractivity contribution in [3.05, 3.63) is 69.0 Å². The van der Waals surface area contributed by atoms with Crippen LogP contribution in [-0.4, -0.2) is 43.3 Å². The molecule has 3 rings (SSSR count). The Bertz CT molecular complexity index is 1060. The molecule has 11 heteroatoms. The molecule has 1 saturated heterocycles. The van der Waals surface area contributed by atoms with Crippen LogP contribution in [-0.2, 0) is 10.0 Å². The number of hydrogen-bond acceptors (Lipinski definition) is 5. The zero-order valence-corrected chi connectivity index (χ0v) is 16.6. The summed E-state index contributed by atoms with van der Waals surface area (Å²) in [7, 11) is -3.98. The van der Waals surface area contributed by atoms with E-state index in [0.717, 1.165) is 18.2 Å². The van der Waals surface area contributed by atoms with Gasteiger partial charge in [0.2, 0.25) is 10.0 Å². The highest BCUT2D eigenvalue weighted by atomic mass is 35.5. The van der Waals surface area contributed by atoms with Crippen LogP contribution >= 0.6 is 11.6 Å². The van der Waals surface area contributed by atoms with Crippen LogP contribution in [0.1, 0.15) is 23.2 Å². The van der Waals surface area contributed by atoms with Crippen molar-refractivity contribution >= 4 is 33.2 Å². The molecule has 1 amide bonds. The molecule has 0 aromatic heterocycles. The number of amides is 1. The van der Waals surface area contributed by atoms with Crippen molar-refractivity contribution in [3.8, 4) is 0 Å². The highest BCUT2D eigenvalue weighted by Crippen LogP contribution is 2.26. The number of carbonyl (C=O) groups excluding carboxylic acids is 1. The first-order valence-corrected chi connectivity index (χ1v) is 10.5. The number of carbonyl (C=O) groups is 1. The van der Waals surface area contributed by atoms with Crippen LogP contribution in [0.25, 0.3) is 0 Å². The third kappa shape index (κ3) is 4.89. The SMILES string of the molecule is O=C(c1cc(Cl)ccc1[N+](=O)[O-])N1CCCC(NS(=O)(=O)c2cccc(F)c2)C1. The van der Waals surface area contributed by atoms with Gasteiger partial charge in [-0.3, -0.25) is 14.9 Å². The molecular weight excluding hydrogens is 425 g/mol. The molecule has 1 aliphatic heterocycles. The lowest BCUT2D eigenvalue weighted by atomic mass is 10.0. The summed E-state index contributed by atoms with van der Waals surface area (Å²) in [4.78, 5) is 24.5. The average Bonchev–Trinajstić information content (AvgIpc) is 2.67. The fourth-order valence-electron chi connectivity index (χ4n) is 3.19. The number of nitrogens with zero attached hydrogens (tertiary/aromatic N) is 2. The number of piperidine rings is 1. The third-order valence-electron chi connectivity index (χ3n) is 4.52. The molecule has 154 valence electrons. The lowest BCUT2D eigenvalue weighted by molar-refractivity contribution is -0.385. The monoisotopic (exact) mass is 441 g/mol. The number of nitro benzene ring substituents is 1.